The summed E-state index contributed by atoms with van der Waals surface area (Å²) in [5.41, 5.74) is -0.568. The fourth-order valence-electron chi connectivity index (χ4n) is 3.05. The summed E-state index contributed by atoms with van der Waals surface area (Å²) in [6, 6.07) is 16.5. The van der Waals surface area contributed by atoms with Crippen molar-refractivity contribution < 1.29 is 22.1 Å². The van der Waals surface area contributed by atoms with E-state index in [0.717, 1.165) is 5.39 Å². The van der Waals surface area contributed by atoms with E-state index < -0.39 is 15.8 Å². The molecule has 0 bridgehead atoms. The summed E-state index contributed by atoms with van der Waals surface area (Å²) in [4.78, 5) is 12.2. The molecule has 0 radical (unpaired) electrons. The van der Waals surface area contributed by atoms with E-state index >= 15 is 0 Å². The van der Waals surface area contributed by atoms with Crippen molar-refractivity contribution in [2.75, 3.05) is 0 Å². The van der Waals surface area contributed by atoms with Crippen molar-refractivity contribution in [3.63, 3.8) is 0 Å². The first kappa shape index (κ1) is 17.4. The molecule has 27 heavy (non-hydrogen) atoms. The van der Waals surface area contributed by atoms with Crippen LogP contribution < -0.4 is 14.2 Å². The Kier molecular flexibility index (Phi) is 3.85. The molecule has 1 amide bonds. The molecule has 0 atom stereocenters. The van der Waals surface area contributed by atoms with Gasteiger partial charge >= 0.3 is 10.1 Å². The average molecular weight is 383 g/mol. The third-order valence-electron chi connectivity index (χ3n) is 4.20. The summed E-state index contributed by atoms with van der Waals surface area (Å²) in [6.45, 7) is 3.41. The quantitative estimate of drug-likeness (QED) is 0.701. The molecule has 1 aliphatic rings. The highest BCUT2D eigenvalue weighted by Gasteiger charge is 2.32. The summed E-state index contributed by atoms with van der Waals surface area (Å²) in [7, 11) is -4.06. The van der Waals surface area contributed by atoms with Crippen LogP contribution in [0.3, 0.4) is 0 Å². The lowest BCUT2D eigenvalue weighted by atomic mass is 10.1. The minimum Gasteiger partial charge on any atom is -0.468 e. The maximum atomic E-state index is 12.8. The second-order valence-electron chi connectivity index (χ2n) is 6.74. The molecule has 0 unspecified atom stereocenters. The highest BCUT2D eigenvalue weighted by atomic mass is 32.2. The summed E-state index contributed by atoms with van der Waals surface area (Å²) in [5, 5.41) is 4.08. The van der Waals surface area contributed by atoms with Gasteiger partial charge in [0, 0.05) is 11.5 Å². The smallest absolute Gasteiger partial charge is 0.339 e. The molecule has 0 aliphatic carbocycles. The molecule has 138 valence electrons. The van der Waals surface area contributed by atoms with Crippen LogP contribution in [-0.4, -0.2) is 20.0 Å². The van der Waals surface area contributed by atoms with Crippen molar-refractivity contribution in [2.24, 2.45) is 0 Å². The Morgan fingerprint density at radius 3 is 2.56 bits per heavy atom. The van der Waals surface area contributed by atoms with Gasteiger partial charge in [-0.2, -0.15) is 8.42 Å². The number of hydrogen-bond donors (Lipinski definition) is 1. The van der Waals surface area contributed by atoms with Crippen LogP contribution in [0.1, 0.15) is 24.2 Å². The van der Waals surface area contributed by atoms with Gasteiger partial charge in [-0.3, -0.25) is 4.79 Å². The molecular weight excluding hydrogens is 366 g/mol. The molecule has 0 spiro atoms. The normalized spacial score (nSPS) is 15.6. The first-order chi connectivity index (χ1) is 12.8. The van der Waals surface area contributed by atoms with Gasteiger partial charge in [-0.05, 0) is 37.4 Å². The lowest BCUT2D eigenvalue weighted by Crippen LogP contribution is -2.51. The van der Waals surface area contributed by atoms with Crippen LogP contribution in [-0.2, 0) is 10.1 Å². The molecule has 1 N–H and O–H groups in total. The van der Waals surface area contributed by atoms with E-state index in [-0.39, 0.29) is 22.3 Å². The van der Waals surface area contributed by atoms with E-state index in [4.69, 9.17) is 8.92 Å². The number of benzene rings is 3. The summed E-state index contributed by atoms with van der Waals surface area (Å²) < 4.78 is 36.7. The van der Waals surface area contributed by atoms with Crippen molar-refractivity contribution in [1.82, 2.24) is 5.32 Å². The Hall–Kier alpha value is -3.06. The monoisotopic (exact) mass is 383 g/mol. The van der Waals surface area contributed by atoms with Gasteiger partial charge in [0.2, 0.25) is 0 Å². The van der Waals surface area contributed by atoms with Gasteiger partial charge in [0.05, 0.1) is 5.56 Å². The van der Waals surface area contributed by atoms with Crippen molar-refractivity contribution in [3.8, 4) is 11.5 Å². The Bertz CT molecular complexity index is 1160. The molecule has 0 saturated carbocycles. The minimum atomic E-state index is -4.06. The summed E-state index contributed by atoms with van der Waals surface area (Å²) in [6.07, 6.45) is 0. The predicted octanol–water partition coefficient (Wildman–Crippen LogP) is 3.47. The van der Waals surface area contributed by atoms with Gasteiger partial charge in [-0.1, -0.05) is 36.4 Å². The van der Waals surface area contributed by atoms with Crippen LogP contribution in [0, 0.1) is 0 Å². The van der Waals surface area contributed by atoms with Crippen LogP contribution in [0.4, 0.5) is 0 Å². The van der Waals surface area contributed by atoms with Gasteiger partial charge in [0.15, 0.2) is 5.72 Å². The first-order valence-electron chi connectivity index (χ1n) is 8.33. The molecule has 1 aliphatic heterocycles. The fraction of sp³-hybridized carbons (Fsp3) is 0.150. The molecule has 0 saturated heterocycles. The zero-order valence-corrected chi connectivity index (χ0v) is 15.5. The Balaban J connectivity index is 1.73. The first-order valence-corrected chi connectivity index (χ1v) is 9.74. The topological polar surface area (TPSA) is 81.7 Å². The SMILES string of the molecule is CC1(C)NC(=O)c2ccc(OS(=O)(=O)c3cccc4ccccc34)cc2O1. The number of nitrogens with one attached hydrogen (secondary N) is 1. The second kappa shape index (κ2) is 5.99. The molecule has 4 rings (SSSR count). The molecule has 3 aromatic carbocycles. The van der Waals surface area contributed by atoms with Gasteiger partial charge in [0.1, 0.15) is 16.4 Å². The van der Waals surface area contributed by atoms with E-state index in [2.05, 4.69) is 5.32 Å². The Labute approximate surface area is 156 Å². The number of rotatable bonds is 3. The highest BCUT2D eigenvalue weighted by molar-refractivity contribution is 7.87. The lowest BCUT2D eigenvalue weighted by Gasteiger charge is -2.33. The number of carbonyl (C=O) groups excluding carboxylic acids is 1. The number of hydrogen-bond acceptors (Lipinski definition) is 5. The zero-order chi connectivity index (χ0) is 19.2. The Morgan fingerprint density at radius 1 is 1.00 bits per heavy atom. The van der Waals surface area contributed by atoms with Crippen LogP contribution in [0.5, 0.6) is 11.5 Å². The number of carbonyl (C=O) groups is 1. The maximum absolute atomic E-state index is 12.8. The van der Waals surface area contributed by atoms with Gasteiger partial charge in [0.25, 0.3) is 5.91 Å². The van der Waals surface area contributed by atoms with Crippen molar-refractivity contribution in [1.29, 1.82) is 0 Å². The molecular formula is C20H17NO5S. The highest BCUT2D eigenvalue weighted by Crippen LogP contribution is 2.33. The van der Waals surface area contributed by atoms with Crippen molar-refractivity contribution in [3.05, 3.63) is 66.2 Å². The van der Waals surface area contributed by atoms with Crippen LogP contribution in [0.15, 0.2) is 65.6 Å². The van der Waals surface area contributed by atoms with E-state index in [0.29, 0.717) is 10.9 Å². The second-order valence-corrected chi connectivity index (χ2v) is 8.25. The van der Waals surface area contributed by atoms with E-state index in [1.807, 2.05) is 18.2 Å². The zero-order valence-electron chi connectivity index (χ0n) is 14.7. The molecule has 1 heterocycles. The van der Waals surface area contributed by atoms with Gasteiger partial charge < -0.3 is 14.2 Å². The minimum absolute atomic E-state index is 0.0761. The van der Waals surface area contributed by atoms with Crippen molar-refractivity contribution >= 4 is 26.8 Å². The maximum Gasteiger partial charge on any atom is 0.339 e. The van der Waals surface area contributed by atoms with Crippen molar-refractivity contribution in [2.45, 2.75) is 24.5 Å². The van der Waals surface area contributed by atoms with Crippen LogP contribution in [0.2, 0.25) is 0 Å². The summed E-state index contributed by atoms with van der Waals surface area (Å²) >= 11 is 0. The van der Waals surface area contributed by atoms with E-state index in [1.54, 1.807) is 32.0 Å². The third kappa shape index (κ3) is 3.21. The van der Waals surface area contributed by atoms with Crippen LogP contribution >= 0.6 is 0 Å². The predicted molar refractivity (Wildman–Crippen MR) is 100 cm³/mol. The molecule has 3 aromatic rings. The summed E-state index contributed by atoms with van der Waals surface area (Å²) in [5.74, 6) is 0.0614. The molecule has 7 heteroatoms. The van der Waals surface area contributed by atoms with Crippen LogP contribution in [0.25, 0.3) is 10.8 Å². The van der Waals surface area contributed by atoms with Gasteiger partial charge in [-0.15, -0.1) is 0 Å². The lowest BCUT2D eigenvalue weighted by molar-refractivity contribution is 0.0432. The third-order valence-corrected chi connectivity index (χ3v) is 5.51. The number of amides is 1. The number of fused-ring (bicyclic) bond motifs is 2. The molecule has 6 nitrogen and oxygen atoms in total. The average Bonchev–Trinajstić information content (AvgIpc) is 2.59. The largest absolute Gasteiger partial charge is 0.468 e. The van der Waals surface area contributed by atoms with E-state index in [1.165, 1.54) is 24.3 Å². The van der Waals surface area contributed by atoms with Gasteiger partial charge in [-0.25, -0.2) is 0 Å². The van der Waals surface area contributed by atoms with E-state index in [9.17, 15) is 13.2 Å². The fourth-order valence-corrected chi connectivity index (χ4v) is 4.20. The Morgan fingerprint density at radius 2 is 1.74 bits per heavy atom. The molecule has 0 aromatic heterocycles. The standard InChI is InChI=1S/C20H17NO5S/c1-20(2)21-19(22)16-11-10-14(12-17(16)25-20)26-27(23,24)18-9-5-7-13-6-3-4-8-15(13)18/h3-12H,1-2H3,(H,21,22). The number of ether oxygens (including phenoxy) is 1. The molecule has 0 fully saturated rings.